The molecule has 0 bridgehead atoms. The maximum atomic E-state index is 6.23. The van der Waals surface area contributed by atoms with Gasteiger partial charge in [0.25, 0.3) is 0 Å². The molecule has 0 fully saturated rings. The molecule has 7 aromatic heterocycles. The van der Waals surface area contributed by atoms with Gasteiger partial charge in [-0.1, -0.05) is 390 Å². The monoisotopic (exact) mass is 1890 g/mol. The number of thiophene rings is 2. The van der Waals surface area contributed by atoms with Gasteiger partial charge in [-0.2, -0.15) is 0 Å². The van der Waals surface area contributed by atoms with Crippen LogP contribution in [0.3, 0.4) is 0 Å². The summed E-state index contributed by atoms with van der Waals surface area (Å²) in [5.41, 5.74) is 26.2. The summed E-state index contributed by atoms with van der Waals surface area (Å²) in [4.78, 5) is 45.1. The molecule has 11 nitrogen and oxygen atoms in total. The number of rotatable bonds is 13. The summed E-state index contributed by atoms with van der Waals surface area (Å²) in [6.45, 7) is 4.61. The molecule has 29 rings (SSSR count). The number of fused-ring (bicyclic) bond motifs is 21. The standard InChI is InChI=1S/C46H31N3S.C43H25N3OS.C43H27N3O/c1-46(2)38-17-8-6-15-34(38)35-23-21-33(27-39(35)46)45-48-43(29-11-4-3-5-12-29)47-44(49-45)32-14-10-13-30(25-32)31-20-19-28-22-24-41-42(37(28)26-31)36-16-7-9-18-40(36)50-41;1-2-10-27(11-3-1)41-44-42(46-43(45-41)30-20-22-33-32-15-4-6-18-35(32)47-36(33)25-30)29-14-8-13-28(24-29)31-17-9-12-26-21-23-38-40(39(26)31)34-16-5-7-19-37(34)48-38;1-3-12-28(13-4-1)41-44-42(29-14-5-2-6-15-29)46-43(45-41)33-19-10-17-31(27-33)30-16-9-18-32(26-30)34-21-11-22-36-35(34)24-25-39-40(36)37-20-7-8-23-38(37)47-39/h3-27H,1-2H3;1-25H;1-27H. The second-order valence-corrected chi connectivity index (χ2v) is 39.5. The van der Waals surface area contributed by atoms with E-state index in [1.165, 1.54) is 112 Å². The van der Waals surface area contributed by atoms with Crippen LogP contribution in [0.1, 0.15) is 25.0 Å². The van der Waals surface area contributed by atoms with Crippen molar-refractivity contribution in [1.82, 2.24) is 44.9 Å². The van der Waals surface area contributed by atoms with Crippen LogP contribution in [0.25, 0.3) is 275 Å². The van der Waals surface area contributed by atoms with Gasteiger partial charge in [-0.25, -0.2) is 44.9 Å². The minimum Gasteiger partial charge on any atom is -0.456 e. The van der Waals surface area contributed by atoms with E-state index in [1.807, 2.05) is 168 Å². The zero-order valence-corrected chi connectivity index (χ0v) is 80.2. The van der Waals surface area contributed by atoms with Crippen molar-refractivity contribution in [3.8, 4) is 158 Å². The van der Waals surface area contributed by atoms with Gasteiger partial charge in [0.15, 0.2) is 52.4 Å². The van der Waals surface area contributed by atoms with Crippen molar-refractivity contribution in [3.05, 3.63) is 478 Å². The topological polar surface area (TPSA) is 142 Å². The van der Waals surface area contributed by atoms with Crippen molar-refractivity contribution >= 4 is 139 Å². The van der Waals surface area contributed by atoms with Crippen LogP contribution in [0.5, 0.6) is 0 Å². The number of hydrogen-bond donors (Lipinski definition) is 0. The van der Waals surface area contributed by atoms with Crippen molar-refractivity contribution in [2.75, 3.05) is 0 Å². The molecular formula is C132H83N9O2S2. The van der Waals surface area contributed by atoms with Crippen molar-refractivity contribution in [2.45, 2.75) is 19.3 Å². The Morgan fingerprint density at radius 1 is 0.166 bits per heavy atom. The Bertz CT molecular complexity index is 9980. The van der Waals surface area contributed by atoms with E-state index in [2.05, 4.69) is 335 Å². The molecular weight excluding hydrogens is 1810 g/mol. The lowest BCUT2D eigenvalue weighted by Crippen LogP contribution is -2.15. The summed E-state index contributed by atoms with van der Waals surface area (Å²) in [6.07, 6.45) is 0. The van der Waals surface area contributed by atoms with Crippen LogP contribution in [0, 0.1) is 0 Å². The van der Waals surface area contributed by atoms with E-state index in [0.717, 1.165) is 122 Å². The molecule has 0 spiro atoms. The Labute approximate surface area is 842 Å². The van der Waals surface area contributed by atoms with Crippen LogP contribution in [0.15, 0.2) is 476 Å². The molecule has 0 saturated carbocycles. The average molecular weight is 1890 g/mol. The van der Waals surface area contributed by atoms with E-state index in [0.29, 0.717) is 52.4 Å². The van der Waals surface area contributed by atoms with E-state index in [-0.39, 0.29) is 5.41 Å². The predicted octanol–water partition coefficient (Wildman–Crippen LogP) is 35.6. The van der Waals surface area contributed by atoms with E-state index in [1.54, 1.807) is 0 Å². The minimum atomic E-state index is -0.116. The normalized spacial score (nSPS) is 12.1. The summed E-state index contributed by atoms with van der Waals surface area (Å²) in [5.74, 6) is 5.78. The third-order valence-corrected chi connectivity index (χ3v) is 30.4. The number of aromatic nitrogens is 9. The average Bonchev–Trinajstić information content (AvgIpc) is 1.56. The summed E-state index contributed by atoms with van der Waals surface area (Å²) in [7, 11) is 0. The van der Waals surface area contributed by atoms with Crippen molar-refractivity contribution in [3.63, 3.8) is 0 Å². The molecule has 21 aromatic carbocycles. The summed E-state index contributed by atoms with van der Waals surface area (Å²) in [5, 5.41) is 17.1. The quantitative estimate of drug-likeness (QED) is 0.109. The first-order valence-electron chi connectivity index (χ1n) is 48.7. The van der Waals surface area contributed by atoms with Crippen molar-refractivity contribution < 1.29 is 8.83 Å². The zero-order chi connectivity index (χ0) is 96.2. The van der Waals surface area contributed by atoms with Crippen molar-refractivity contribution in [1.29, 1.82) is 0 Å². The number of benzene rings is 21. The highest BCUT2D eigenvalue weighted by Crippen LogP contribution is 2.52. The Balaban J connectivity index is 0.000000108. The Morgan fingerprint density at radius 3 is 1.10 bits per heavy atom. The van der Waals surface area contributed by atoms with Gasteiger partial charge in [0, 0.05) is 117 Å². The fourth-order valence-corrected chi connectivity index (χ4v) is 23.3. The molecule has 680 valence electrons. The minimum absolute atomic E-state index is 0.116. The molecule has 145 heavy (non-hydrogen) atoms. The highest BCUT2D eigenvalue weighted by molar-refractivity contribution is 7.26. The Kier molecular flexibility index (Phi) is 21.1. The third-order valence-electron chi connectivity index (χ3n) is 28.2. The highest BCUT2D eigenvalue weighted by atomic mass is 32.1. The third kappa shape index (κ3) is 15.6. The van der Waals surface area contributed by atoms with Gasteiger partial charge in [0.1, 0.15) is 22.3 Å². The summed E-state index contributed by atoms with van der Waals surface area (Å²) < 4.78 is 17.6. The molecule has 0 N–H and O–H groups in total. The first-order valence-corrected chi connectivity index (χ1v) is 50.3. The lowest BCUT2D eigenvalue weighted by atomic mass is 9.82. The van der Waals surface area contributed by atoms with Gasteiger partial charge >= 0.3 is 0 Å². The number of nitrogens with zero attached hydrogens (tertiary/aromatic N) is 9. The SMILES string of the molecule is CC1(C)c2ccccc2-c2ccc(-c3nc(-c4ccccc4)nc(-c4cccc(-c5ccc6ccc7sc8ccccc8c7c6c5)c4)n3)cc21.c1ccc(-c2nc(-c3cccc(-c4cccc5ccc6sc7ccccc7c6c45)c3)nc(-c3ccc4c(c3)oc3ccccc34)n2)cc1.c1ccc(-c2nc(-c3ccccc3)nc(-c3cccc(-c4cccc(-c5cccc6c5ccc5oc7ccccc7c56)c4)c3)n2)cc1. The molecule has 28 aromatic rings. The highest BCUT2D eigenvalue weighted by Gasteiger charge is 2.36. The molecule has 0 atom stereocenters. The maximum absolute atomic E-state index is 6.23. The van der Waals surface area contributed by atoms with Crippen molar-refractivity contribution in [2.24, 2.45) is 0 Å². The second-order valence-electron chi connectivity index (χ2n) is 37.3. The second kappa shape index (κ2) is 35.7. The number of hydrogen-bond acceptors (Lipinski definition) is 13. The van der Waals surface area contributed by atoms with E-state index in [9.17, 15) is 0 Å². The predicted molar refractivity (Wildman–Crippen MR) is 601 cm³/mol. The lowest BCUT2D eigenvalue weighted by Gasteiger charge is -2.21. The summed E-state index contributed by atoms with van der Waals surface area (Å²) >= 11 is 3.70. The zero-order valence-electron chi connectivity index (χ0n) is 78.6. The summed E-state index contributed by atoms with van der Waals surface area (Å²) in [6, 6.07) is 163. The van der Waals surface area contributed by atoms with Crippen LogP contribution in [-0.2, 0) is 5.41 Å². The van der Waals surface area contributed by atoms with Gasteiger partial charge in [0.05, 0.1) is 0 Å². The first kappa shape index (κ1) is 85.6. The molecule has 0 aliphatic heterocycles. The van der Waals surface area contributed by atoms with Gasteiger partial charge < -0.3 is 8.83 Å². The molecule has 0 unspecified atom stereocenters. The van der Waals surface area contributed by atoms with Crippen LogP contribution >= 0.6 is 22.7 Å². The van der Waals surface area contributed by atoms with Crippen LogP contribution in [-0.4, -0.2) is 44.9 Å². The van der Waals surface area contributed by atoms with Gasteiger partial charge in [-0.05, 0) is 190 Å². The smallest absolute Gasteiger partial charge is 0.164 e. The van der Waals surface area contributed by atoms with Crippen LogP contribution < -0.4 is 0 Å². The van der Waals surface area contributed by atoms with E-state index < -0.39 is 0 Å². The molecule has 1 aliphatic carbocycles. The molecule has 7 heterocycles. The number of para-hydroxylation sites is 2. The van der Waals surface area contributed by atoms with E-state index in [4.69, 9.17) is 53.7 Å². The Hall–Kier alpha value is -18.5. The molecule has 0 amide bonds. The lowest BCUT2D eigenvalue weighted by molar-refractivity contribution is 0.660. The van der Waals surface area contributed by atoms with Gasteiger partial charge in [0.2, 0.25) is 0 Å². The maximum Gasteiger partial charge on any atom is 0.164 e. The molecule has 13 heteroatoms. The molecule has 1 aliphatic rings. The first-order chi connectivity index (χ1) is 71.6. The largest absolute Gasteiger partial charge is 0.456 e. The Morgan fingerprint density at radius 2 is 0.517 bits per heavy atom. The molecule has 0 saturated heterocycles. The van der Waals surface area contributed by atoms with Gasteiger partial charge in [-0.15, -0.1) is 22.7 Å². The fraction of sp³-hybridized carbons (Fsp3) is 0.0227. The van der Waals surface area contributed by atoms with E-state index >= 15 is 0 Å². The van der Waals surface area contributed by atoms with Crippen LogP contribution in [0.2, 0.25) is 0 Å². The molecule has 0 radical (unpaired) electrons. The number of furan rings is 2. The fourth-order valence-electron chi connectivity index (χ4n) is 21.1. The van der Waals surface area contributed by atoms with Gasteiger partial charge in [-0.3, -0.25) is 0 Å². The van der Waals surface area contributed by atoms with Crippen LogP contribution in [0.4, 0.5) is 0 Å².